The van der Waals surface area contributed by atoms with Gasteiger partial charge < -0.3 is 29.1 Å². The van der Waals surface area contributed by atoms with Gasteiger partial charge in [-0.2, -0.15) is 0 Å². The second-order valence-corrected chi connectivity index (χ2v) is 7.22. The lowest BCUT2D eigenvalue weighted by atomic mass is 10.0. The molecule has 0 fully saturated rings. The third kappa shape index (κ3) is 4.24. The first-order valence-electron chi connectivity index (χ1n) is 9.69. The SMILES string of the molecule is COc1cc(C[C@@H]2CC(CNCc3ccc(C)cc3)=NO2)c(OC)c2c1OCO2. The van der Waals surface area contributed by atoms with Gasteiger partial charge in [0.05, 0.1) is 19.9 Å². The van der Waals surface area contributed by atoms with Crippen LogP contribution in [0, 0.1) is 6.92 Å². The van der Waals surface area contributed by atoms with E-state index in [-0.39, 0.29) is 12.9 Å². The predicted octanol–water partition coefficient (Wildman–Crippen LogP) is 3.22. The quantitative estimate of drug-likeness (QED) is 0.736. The van der Waals surface area contributed by atoms with E-state index in [0.717, 1.165) is 24.2 Å². The molecule has 2 aromatic carbocycles. The molecule has 1 atom stereocenters. The van der Waals surface area contributed by atoms with Gasteiger partial charge in [0.15, 0.2) is 11.5 Å². The van der Waals surface area contributed by atoms with E-state index in [1.165, 1.54) is 11.1 Å². The van der Waals surface area contributed by atoms with Gasteiger partial charge in [0.2, 0.25) is 18.3 Å². The highest BCUT2D eigenvalue weighted by atomic mass is 16.7. The fourth-order valence-corrected chi connectivity index (χ4v) is 3.59. The van der Waals surface area contributed by atoms with Crippen LogP contribution in [0.2, 0.25) is 0 Å². The topological polar surface area (TPSA) is 70.5 Å². The Kier molecular flexibility index (Phi) is 5.76. The molecule has 7 heteroatoms. The molecule has 0 aliphatic carbocycles. The summed E-state index contributed by atoms with van der Waals surface area (Å²) in [5, 5.41) is 7.69. The summed E-state index contributed by atoms with van der Waals surface area (Å²) < 4.78 is 22.1. The Balaban J connectivity index is 1.34. The molecule has 7 nitrogen and oxygen atoms in total. The highest BCUT2D eigenvalue weighted by Gasteiger charge is 2.30. The van der Waals surface area contributed by atoms with Crippen LogP contribution in [0.3, 0.4) is 0 Å². The Morgan fingerprint density at radius 2 is 1.86 bits per heavy atom. The molecule has 0 unspecified atom stereocenters. The summed E-state index contributed by atoms with van der Waals surface area (Å²) in [6, 6.07) is 10.4. The maximum absolute atomic E-state index is 5.66. The summed E-state index contributed by atoms with van der Waals surface area (Å²) in [5.74, 6) is 2.46. The Bertz CT molecular complexity index is 895. The number of benzene rings is 2. The number of oxime groups is 1. The Morgan fingerprint density at radius 3 is 2.62 bits per heavy atom. The van der Waals surface area contributed by atoms with Crippen LogP contribution >= 0.6 is 0 Å². The molecule has 2 aliphatic heterocycles. The van der Waals surface area contributed by atoms with Gasteiger partial charge in [-0.3, -0.25) is 0 Å². The first-order chi connectivity index (χ1) is 14.2. The summed E-state index contributed by atoms with van der Waals surface area (Å²) in [6.07, 6.45) is 1.35. The highest BCUT2D eigenvalue weighted by Crippen LogP contribution is 2.49. The van der Waals surface area contributed by atoms with Gasteiger partial charge in [0.25, 0.3) is 0 Å². The summed E-state index contributed by atoms with van der Waals surface area (Å²) in [7, 11) is 3.24. The van der Waals surface area contributed by atoms with Gasteiger partial charge in [-0.05, 0) is 18.6 Å². The van der Waals surface area contributed by atoms with Crippen LogP contribution in [-0.2, 0) is 17.8 Å². The molecule has 1 N–H and O–H groups in total. The molecule has 0 aromatic heterocycles. The summed E-state index contributed by atoms with van der Waals surface area (Å²) in [4.78, 5) is 5.66. The molecule has 2 aliphatic rings. The van der Waals surface area contributed by atoms with Crippen molar-refractivity contribution in [2.45, 2.75) is 32.4 Å². The Hall–Kier alpha value is -2.93. The van der Waals surface area contributed by atoms with E-state index in [0.29, 0.717) is 36.0 Å². The molecule has 0 saturated heterocycles. The first kappa shape index (κ1) is 19.4. The van der Waals surface area contributed by atoms with Crippen molar-refractivity contribution < 1.29 is 23.8 Å². The van der Waals surface area contributed by atoms with Crippen molar-refractivity contribution in [3.8, 4) is 23.0 Å². The smallest absolute Gasteiger partial charge is 0.231 e. The van der Waals surface area contributed by atoms with Crippen molar-refractivity contribution in [1.29, 1.82) is 0 Å². The van der Waals surface area contributed by atoms with Gasteiger partial charge >= 0.3 is 0 Å². The zero-order chi connectivity index (χ0) is 20.2. The number of fused-ring (bicyclic) bond motifs is 1. The molecule has 2 aromatic rings. The van der Waals surface area contributed by atoms with E-state index in [1.54, 1.807) is 14.2 Å². The van der Waals surface area contributed by atoms with Crippen molar-refractivity contribution in [2.75, 3.05) is 27.6 Å². The van der Waals surface area contributed by atoms with Crippen LogP contribution in [0.15, 0.2) is 35.5 Å². The minimum absolute atomic E-state index is 0.0508. The third-order valence-electron chi connectivity index (χ3n) is 5.08. The maximum Gasteiger partial charge on any atom is 0.231 e. The van der Waals surface area contributed by atoms with E-state index in [1.807, 2.05) is 6.07 Å². The summed E-state index contributed by atoms with van der Waals surface area (Å²) in [5.41, 5.74) is 4.47. The Labute approximate surface area is 170 Å². The molecular weight excluding hydrogens is 372 g/mol. The second-order valence-electron chi connectivity index (χ2n) is 7.22. The maximum atomic E-state index is 5.66. The van der Waals surface area contributed by atoms with Gasteiger partial charge in [-0.25, -0.2) is 0 Å². The van der Waals surface area contributed by atoms with Crippen LogP contribution in [0.25, 0.3) is 0 Å². The van der Waals surface area contributed by atoms with Crippen LogP contribution in [0.4, 0.5) is 0 Å². The number of hydrogen-bond donors (Lipinski definition) is 1. The number of nitrogens with zero attached hydrogens (tertiary/aromatic N) is 1. The fraction of sp³-hybridized carbons (Fsp3) is 0.409. The van der Waals surface area contributed by atoms with Crippen molar-refractivity contribution in [2.24, 2.45) is 5.16 Å². The van der Waals surface area contributed by atoms with Gasteiger partial charge in [0, 0.05) is 31.5 Å². The van der Waals surface area contributed by atoms with E-state index < -0.39 is 0 Å². The van der Waals surface area contributed by atoms with Crippen molar-refractivity contribution in [1.82, 2.24) is 5.32 Å². The first-order valence-corrected chi connectivity index (χ1v) is 9.69. The lowest BCUT2D eigenvalue weighted by Crippen LogP contribution is -2.23. The molecule has 0 amide bonds. The molecule has 4 rings (SSSR count). The standard InChI is InChI=1S/C22H26N2O5/c1-14-4-6-15(7-5-14)11-23-12-17-10-18(29-24-17)8-16-9-19(25-2)21-22(20(16)26-3)28-13-27-21/h4-7,9,18,23H,8,10-13H2,1-3H3/t18-/m1/s1. The average molecular weight is 398 g/mol. The van der Waals surface area contributed by atoms with Crippen molar-refractivity contribution >= 4 is 5.71 Å². The fourth-order valence-electron chi connectivity index (χ4n) is 3.59. The number of hydrogen-bond acceptors (Lipinski definition) is 7. The highest BCUT2D eigenvalue weighted by molar-refractivity contribution is 5.87. The number of methoxy groups -OCH3 is 2. The molecule has 0 bridgehead atoms. The molecule has 154 valence electrons. The monoisotopic (exact) mass is 398 g/mol. The average Bonchev–Trinajstić information content (AvgIpc) is 3.39. The zero-order valence-electron chi connectivity index (χ0n) is 17.0. The molecule has 0 saturated carbocycles. The molecule has 2 heterocycles. The van der Waals surface area contributed by atoms with E-state index in [9.17, 15) is 0 Å². The molecule has 0 spiro atoms. The largest absolute Gasteiger partial charge is 0.493 e. The van der Waals surface area contributed by atoms with Gasteiger partial charge in [0.1, 0.15) is 6.10 Å². The zero-order valence-corrected chi connectivity index (χ0v) is 17.0. The van der Waals surface area contributed by atoms with Crippen LogP contribution in [0.1, 0.15) is 23.1 Å². The molecule has 0 radical (unpaired) electrons. The third-order valence-corrected chi connectivity index (χ3v) is 5.08. The summed E-state index contributed by atoms with van der Waals surface area (Å²) in [6.45, 7) is 3.75. The van der Waals surface area contributed by atoms with Crippen LogP contribution < -0.4 is 24.3 Å². The molecule has 29 heavy (non-hydrogen) atoms. The predicted molar refractivity (Wildman–Crippen MR) is 109 cm³/mol. The lowest BCUT2D eigenvalue weighted by molar-refractivity contribution is 0.0853. The van der Waals surface area contributed by atoms with Gasteiger partial charge in [-0.15, -0.1) is 0 Å². The van der Waals surface area contributed by atoms with Crippen LogP contribution in [0.5, 0.6) is 23.0 Å². The minimum Gasteiger partial charge on any atom is -0.493 e. The van der Waals surface area contributed by atoms with E-state index >= 15 is 0 Å². The Morgan fingerprint density at radius 1 is 1.07 bits per heavy atom. The number of rotatable bonds is 8. The number of aryl methyl sites for hydroxylation is 1. The lowest BCUT2D eigenvalue weighted by Gasteiger charge is -2.15. The number of ether oxygens (including phenoxy) is 4. The van der Waals surface area contributed by atoms with Gasteiger partial charge in [-0.1, -0.05) is 35.0 Å². The minimum atomic E-state index is -0.0508. The molecular formula is C22H26N2O5. The van der Waals surface area contributed by atoms with Crippen molar-refractivity contribution in [3.05, 3.63) is 47.0 Å². The number of nitrogens with one attached hydrogen (secondary N) is 1. The van der Waals surface area contributed by atoms with Crippen LogP contribution in [-0.4, -0.2) is 39.4 Å². The van der Waals surface area contributed by atoms with E-state index in [2.05, 4.69) is 41.7 Å². The second kappa shape index (κ2) is 8.61. The van der Waals surface area contributed by atoms with Crippen molar-refractivity contribution in [3.63, 3.8) is 0 Å². The van der Waals surface area contributed by atoms with E-state index in [4.69, 9.17) is 23.8 Å². The normalized spacial score (nSPS) is 17.1. The summed E-state index contributed by atoms with van der Waals surface area (Å²) >= 11 is 0.